The molecule has 0 aromatic carbocycles. The Balaban J connectivity index is 2.37. The first-order chi connectivity index (χ1) is 9.99. The van der Waals surface area contributed by atoms with Gasteiger partial charge in [0.05, 0.1) is 22.9 Å². The van der Waals surface area contributed by atoms with Gasteiger partial charge in [-0.15, -0.1) is 0 Å². The average molecular weight is 314 g/mol. The molecule has 0 saturated carbocycles. The molecule has 2 amide bonds. The van der Waals surface area contributed by atoms with Crippen LogP contribution >= 0.6 is 11.6 Å². The molecule has 1 rings (SSSR count). The second-order valence-corrected chi connectivity index (χ2v) is 5.66. The lowest BCUT2D eigenvalue weighted by atomic mass is 9.93. The van der Waals surface area contributed by atoms with Gasteiger partial charge in [-0.3, -0.25) is 4.98 Å². The summed E-state index contributed by atoms with van der Waals surface area (Å²) in [5.74, 6) is 0. The maximum atomic E-state index is 11.8. The van der Waals surface area contributed by atoms with Crippen LogP contribution in [-0.2, 0) is 6.54 Å². The molecule has 1 aromatic rings. The zero-order valence-corrected chi connectivity index (χ0v) is 13.4. The third kappa shape index (κ3) is 6.78. The highest BCUT2D eigenvalue weighted by Crippen LogP contribution is 2.18. The van der Waals surface area contributed by atoms with Gasteiger partial charge in [0.1, 0.15) is 0 Å². The third-order valence-corrected chi connectivity index (χ3v) is 3.45. The highest BCUT2D eigenvalue weighted by atomic mass is 35.5. The van der Waals surface area contributed by atoms with E-state index in [2.05, 4.69) is 15.6 Å². The van der Waals surface area contributed by atoms with Crippen LogP contribution in [-0.4, -0.2) is 28.3 Å². The summed E-state index contributed by atoms with van der Waals surface area (Å²) < 4.78 is 0. The van der Waals surface area contributed by atoms with Gasteiger partial charge in [0, 0.05) is 12.7 Å². The van der Waals surface area contributed by atoms with E-state index in [9.17, 15) is 9.90 Å². The molecule has 118 valence electrons. The molecule has 0 aliphatic rings. The zero-order valence-electron chi connectivity index (χ0n) is 12.7. The van der Waals surface area contributed by atoms with Crippen LogP contribution in [0.1, 0.15) is 45.2 Å². The number of aromatic nitrogens is 1. The third-order valence-electron chi connectivity index (χ3n) is 3.23. The Morgan fingerprint density at radius 1 is 1.29 bits per heavy atom. The van der Waals surface area contributed by atoms with Gasteiger partial charge < -0.3 is 15.7 Å². The van der Waals surface area contributed by atoms with Crippen LogP contribution in [0.3, 0.4) is 0 Å². The standard InChI is InChI=1S/C15H24ClN3O2/c1-3-7-15(21,8-4-2)11-19-14(20)18-10-13-6-5-12(16)9-17-13/h5-6,9,21H,3-4,7-8,10-11H2,1-2H3,(H2,18,19,20). The number of hydrogen-bond acceptors (Lipinski definition) is 3. The van der Waals surface area contributed by atoms with E-state index in [0.717, 1.165) is 18.5 Å². The first kappa shape index (κ1) is 17.7. The Kier molecular flexibility index (Phi) is 7.47. The summed E-state index contributed by atoms with van der Waals surface area (Å²) in [6.45, 7) is 4.62. The van der Waals surface area contributed by atoms with Crippen molar-refractivity contribution in [3.05, 3.63) is 29.0 Å². The highest BCUT2D eigenvalue weighted by Gasteiger charge is 2.25. The number of hydrogen-bond donors (Lipinski definition) is 3. The number of aliphatic hydroxyl groups is 1. The van der Waals surface area contributed by atoms with E-state index in [1.165, 1.54) is 6.20 Å². The molecule has 6 heteroatoms. The van der Waals surface area contributed by atoms with Crippen LogP contribution in [0.25, 0.3) is 0 Å². The van der Waals surface area contributed by atoms with Crippen molar-refractivity contribution in [2.24, 2.45) is 0 Å². The number of nitrogens with one attached hydrogen (secondary N) is 2. The summed E-state index contributed by atoms with van der Waals surface area (Å²) in [6, 6.07) is 3.18. The number of halogens is 1. The van der Waals surface area contributed by atoms with Gasteiger partial charge in [-0.1, -0.05) is 38.3 Å². The van der Waals surface area contributed by atoms with Gasteiger partial charge in [0.25, 0.3) is 0 Å². The van der Waals surface area contributed by atoms with Crippen LogP contribution in [0.2, 0.25) is 5.02 Å². The molecule has 0 aliphatic heterocycles. The van der Waals surface area contributed by atoms with Gasteiger partial charge in [0.2, 0.25) is 0 Å². The molecular formula is C15H24ClN3O2. The normalized spacial score (nSPS) is 11.2. The van der Waals surface area contributed by atoms with Crippen LogP contribution in [0.5, 0.6) is 0 Å². The van der Waals surface area contributed by atoms with Crippen molar-refractivity contribution in [1.82, 2.24) is 15.6 Å². The Morgan fingerprint density at radius 3 is 2.48 bits per heavy atom. The molecule has 0 atom stereocenters. The number of nitrogens with zero attached hydrogens (tertiary/aromatic N) is 1. The minimum atomic E-state index is -0.820. The highest BCUT2D eigenvalue weighted by molar-refractivity contribution is 6.30. The zero-order chi connectivity index (χ0) is 15.7. The fraction of sp³-hybridized carbons (Fsp3) is 0.600. The lowest BCUT2D eigenvalue weighted by Crippen LogP contribution is -2.46. The lowest BCUT2D eigenvalue weighted by molar-refractivity contribution is 0.0241. The smallest absolute Gasteiger partial charge is 0.315 e. The van der Waals surface area contributed by atoms with E-state index in [4.69, 9.17) is 11.6 Å². The molecule has 1 heterocycles. The van der Waals surface area contributed by atoms with Crippen molar-refractivity contribution in [2.75, 3.05) is 6.54 Å². The summed E-state index contributed by atoms with van der Waals surface area (Å²) in [5, 5.41) is 16.4. The summed E-state index contributed by atoms with van der Waals surface area (Å²) >= 11 is 5.74. The average Bonchev–Trinajstić information content (AvgIpc) is 2.45. The number of amides is 2. The molecular weight excluding hydrogens is 290 g/mol. The molecule has 0 saturated heterocycles. The van der Waals surface area contributed by atoms with E-state index in [1.807, 2.05) is 13.8 Å². The largest absolute Gasteiger partial charge is 0.388 e. The number of carbonyl (C=O) groups is 1. The molecule has 5 nitrogen and oxygen atoms in total. The monoisotopic (exact) mass is 313 g/mol. The molecule has 0 aliphatic carbocycles. The molecule has 1 aromatic heterocycles. The fourth-order valence-electron chi connectivity index (χ4n) is 2.22. The summed E-state index contributed by atoms with van der Waals surface area (Å²) in [4.78, 5) is 15.8. The molecule has 0 spiro atoms. The van der Waals surface area contributed by atoms with E-state index < -0.39 is 5.60 Å². The lowest BCUT2D eigenvalue weighted by Gasteiger charge is -2.27. The van der Waals surface area contributed by atoms with Crippen molar-refractivity contribution in [1.29, 1.82) is 0 Å². The van der Waals surface area contributed by atoms with Crippen molar-refractivity contribution in [3.63, 3.8) is 0 Å². The Bertz CT molecular complexity index is 431. The van der Waals surface area contributed by atoms with Gasteiger partial charge >= 0.3 is 6.03 Å². The fourth-order valence-corrected chi connectivity index (χ4v) is 2.33. The Hall–Kier alpha value is -1.33. The van der Waals surface area contributed by atoms with E-state index in [0.29, 0.717) is 24.4 Å². The van der Waals surface area contributed by atoms with Gasteiger partial charge in [-0.2, -0.15) is 0 Å². The second kappa shape index (κ2) is 8.85. The first-order valence-electron chi connectivity index (χ1n) is 7.33. The number of carbonyl (C=O) groups excluding carboxylic acids is 1. The van der Waals surface area contributed by atoms with Gasteiger partial charge in [0.15, 0.2) is 0 Å². The van der Waals surface area contributed by atoms with Crippen molar-refractivity contribution in [3.8, 4) is 0 Å². The summed E-state index contributed by atoms with van der Waals surface area (Å²) in [7, 11) is 0. The topological polar surface area (TPSA) is 74.2 Å². The van der Waals surface area contributed by atoms with Gasteiger partial charge in [-0.05, 0) is 25.0 Å². The van der Waals surface area contributed by atoms with Gasteiger partial charge in [-0.25, -0.2) is 4.79 Å². The van der Waals surface area contributed by atoms with E-state index >= 15 is 0 Å². The van der Waals surface area contributed by atoms with Crippen LogP contribution in [0.15, 0.2) is 18.3 Å². The Morgan fingerprint density at radius 2 is 1.95 bits per heavy atom. The summed E-state index contributed by atoms with van der Waals surface area (Å²) in [5.41, 5.74) is -0.0914. The van der Waals surface area contributed by atoms with Crippen molar-refractivity contribution >= 4 is 17.6 Å². The predicted molar refractivity (Wildman–Crippen MR) is 84.3 cm³/mol. The molecule has 0 fully saturated rings. The first-order valence-corrected chi connectivity index (χ1v) is 7.71. The molecule has 3 N–H and O–H groups in total. The minimum Gasteiger partial charge on any atom is -0.388 e. The quantitative estimate of drug-likeness (QED) is 0.691. The molecule has 0 radical (unpaired) electrons. The number of urea groups is 1. The van der Waals surface area contributed by atoms with Crippen LogP contribution in [0.4, 0.5) is 4.79 Å². The minimum absolute atomic E-state index is 0.258. The van der Waals surface area contributed by atoms with E-state index in [-0.39, 0.29) is 12.6 Å². The Labute approximate surface area is 131 Å². The van der Waals surface area contributed by atoms with E-state index in [1.54, 1.807) is 12.1 Å². The number of rotatable bonds is 8. The maximum Gasteiger partial charge on any atom is 0.315 e. The SMILES string of the molecule is CCCC(O)(CCC)CNC(=O)NCc1ccc(Cl)cn1. The maximum absolute atomic E-state index is 11.8. The number of pyridine rings is 1. The second-order valence-electron chi connectivity index (χ2n) is 5.23. The van der Waals surface area contributed by atoms with Crippen molar-refractivity contribution < 1.29 is 9.90 Å². The predicted octanol–water partition coefficient (Wildman–Crippen LogP) is 2.87. The van der Waals surface area contributed by atoms with Crippen LogP contribution in [0, 0.1) is 0 Å². The molecule has 0 unspecified atom stereocenters. The summed E-state index contributed by atoms with van der Waals surface area (Å²) in [6.07, 6.45) is 4.67. The van der Waals surface area contributed by atoms with Crippen LogP contribution < -0.4 is 10.6 Å². The van der Waals surface area contributed by atoms with Crippen molar-refractivity contribution in [2.45, 2.75) is 51.7 Å². The molecule has 21 heavy (non-hydrogen) atoms. The molecule has 0 bridgehead atoms.